The maximum absolute atomic E-state index is 11.8. The van der Waals surface area contributed by atoms with Crippen molar-refractivity contribution in [2.24, 2.45) is 0 Å². The minimum atomic E-state index is -0.368. The first-order chi connectivity index (χ1) is 10.2. The van der Waals surface area contributed by atoms with Crippen LogP contribution in [0, 0.1) is 0 Å². The summed E-state index contributed by atoms with van der Waals surface area (Å²) in [6, 6.07) is 6.49. The number of hydrogen-bond acceptors (Lipinski definition) is 5. The Labute approximate surface area is 130 Å². The number of benzene rings is 1. The first-order valence-electron chi connectivity index (χ1n) is 6.49. The van der Waals surface area contributed by atoms with Gasteiger partial charge in [0.15, 0.2) is 0 Å². The summed E-state index contributed by atoms with van der Waals surface area (Å²) in [5.74, 6) is 0. The molecule has 2 heterocycles. The summed E-state index contributed by atoms with van der Waals surface area (Å²) in [5, 5.41) is 15.2. The lowest BCUT2D eigenvalue weighted by atomic mass is 10.2. The highest BCUT2D eigenvalue weighted by molar-refractivity contribution is 7.15. The minimum absolute atomic E-state index is 0.0115. The van der Waals surface area contributed by atoms with Gasteiger partial charge < -0.3 is 10.1 Å². The molecule has 0 bridgehead atoms. The molecule has 1 unspecified atom stereocenters. The van der Waals surface area contributed by atoms with Crippen LogP contribution in [0.4, 0.5) is 15.6 Å². The second kappa shape index (κ2) is 6.38. The van der Waals surface area contributed by atoms with Gasteiger partial charge in [-0.25, -0.2) is 4.79 Å². The van der Waals surface area contributed by atoms with Crippen LogP contribution >= 0.6 is 22.9 Å². The molecular weight excluding hydrogens is 312 g/mol. The summed E-state index contributed by atoms with van der Waals surface area (Å²) in [6.07, 6.45) is 1.99. The summed E-state index contributed by atoms with van der Waals surface area (Å²) < 4.78 is 5.53. The van der Waals surface area contributed by atoms with Crippen LogP contribution in [-0.2, 0) is 4.74 Å². The lowest BCUT2D eigenvalue weighted by molar-refractivity contribution is 0.111. The molecule has 1 atom stereocenters. The average molecular weight is 325 g/mol. The van der Waals surface area contributed by atoms with Crippen LogP contribution in [0.3, 0.4) is 0 Å². The van der Waals surface area contributed by atoms with Gasteiger partial charge in [0.2, 0.25) is 5.13 Å². The topological polar surface area (TPSA) is 76.1 Å². The fraction of sp³-hybridized carbons (Fsp3) is 0.308. The van der Waals surface area contributed by atoms with E-state index in [0.717, 1.165) is 24.5 Å². The number of nitrogens with zero attached hydrogens (tertiary/aromatic N) is 2. The second-order valence-corrected chi connectivity index (χ2v) is 5.98. The molecule has 1 aromatic carbocycles. The zero-order valence-electron chi connectivity index (χ0n) is 11.0. The van der Waals surface area contributed by atoms with E-state index < -0.39 is 0 Å². The fourth-order valence-electron chi connectivity index (χ4n) is 1.98. The van der Waals surface area contributed by atoms with E-state index in [1.54, 1.807) is 24.3 Å². The number of carbonyl (C=O) groups excluding carboxylic acids is 1. The van der Waals surface area contributed by atoms with Gasteiger partial charge in [-0.3, -0.25) is 5.32 Å². The fourth-order valence-corrected chi connectivity index (χ4v) is 2.93. The van der Waals surface area contributed by atoms with Crippen molar-refractivity contribution < 1.29 is 9.53 Å². The third-order valence-corrected chi connectivity index (χ3v) is 4.15. The Morgan fingerprint density at radius 1 is 1.29 bits per heavy atom. The van der Waals surface area contributed by atoms with Crippen molar-refractivity contribution in [1.29, 1.82) is 0 Å². The Hall–Kier alpha value is -1.70. The Morgan fingerprint density at radius 2 is 2.10 bits per heavy atom. The zero-order chi connectivity index (χ0) is 14.7. The van der Waals surface area contributed by atoms with Crippen molar-refractivity contribution >= 4 is 39.8 Å². The van der Waals surface area contributed by atoms with Gasteiger partial charge in [-0.05, 0) is 37.1 Å². The van der Waals surface area contributed by atoms with Crippen LogP contribution in [-0.4, -0.2) is 22.8 Å². The quantitative estimate of drug-likeness (QED) is 0.902. The third-order valence-electron chi connectivity index (χ3n) is 2.97. The molecular formula is C13H13ClN4O2S. The first kappa shape index (κ1) is 14.2. The number of aromatic nitrogens is 2. The molecule has 1 aliphatic rings. The lowest BCUT2D eigenvalue weighted by Gasteiger charge is -2.05. The summed E-state index contributed by atoms with van der Waals surface area (Å²) in [6.45, 7) is 0.754. The summed E-state index contributed by atoms with van der Waals surface area (Å²) >= 11 is 7.12. The van der Waals surface area contributed by atoms with Gasteiger partial charge in [0.25, 0.3) is 0 Å². The molecule has 1 fully saturated rings. The monoisotopic (exact) mass is 324 g/mol. The van der Waals surface area contributed by atoms with E-state index in [9.17, 15) is 4.79 Å². The Bertz CT molecular complexity index is 625. The number of carbonyl (C=O) groups is 1. The van der Waals surface area contributed by atoms with Crippen molar-refractivity contribution in [2.45, 2.75) is 18.9 Å². The van der Waals surface area contributed by atoms with Gasteiger partial charge in [-0.2, -0.15) is 0 Å². The zero-order valence-corrected chi connectivity index (χ0v) is 12.6. The summed E-state index contributed by atoms with van der Waals surface area (Å²) in [4.78, 5) is 11.8. The minimum Gasteiger partial charge on any atom is -0.371 e. The van der Waals surface area contributed by atoms with Crippen molar-refractivity contribution in [3.8, 4) is 0 Å². The molecule has 6 nitrogen and oxygen atoms in total. The predicted molar refractivity (Wildman–Crippen MR) is 81.9 cm³/mol. The Balaban J connectivity index is 1.58. The van der Waals surface area contributed by atoms with E-state index in [4.69, 9.17) is 16.3 Å². The molecule has 8 heteroatoms. The molecule has 1 aromatic heterocycles. The lowest BCUT2D eigenvalue weighted by Crippen LogP contribution is -2.19. The van der Waals surface area contributed by atoms with Gasteiger partial charge in [0.05, 0.1) is 0 Å². The molecule has 0 spiro atoms. The number of hydrogen-bond donors (Lipinski definition) is 2. The highest BCUT2D eigenvalue weighted by Gasteiger charge is 2.22. The van der Waals surface area contributed by atoms with E-state index in [-0.39, 0.29) is 12.1 Å². The normalized spacial score (nSPS) is 17.7. The van der Waals surface area contributed by atoms with Gasteiger partial charge in [-0.15, -0.1) is 10.2 Å². The SMILES string of the molecule is O=C(Nc1ccc(Cl)cc1)Nc1nnc(C2CCCO2)s1. The van der Waals surface area contributed by atoms with E-state index in [0.29, 0.717) is 15.8 Å². The van der Waals surface area contributed by atoms with Crippen LogP contribution in [0.2, 0.25) is 5.02 Å². The predicted octanol–water partition coefficient (Wildman–Crippen LogP) is 3.69. The van der Waals surface area contributed by atoms with Crippen molar-refractivity contribution in [2.75, 3.05) is 17.2 Å². The van der Waals surface area contributed by atoms with E-state index in [1.807, 2.05) is 0 Å². The van der Waals surface area contributed by atoms with E-state index in [2.05, 4.69) is 20.8 Å². The van der Waals surface area contributed by atoms with Crippen LogP contribution in [0.5, 0.6) is 0 Å². The van der Waals surface area contributed by atoms with Crippen molar-refractivity contribution in [3.05, 3.63) is 34.3 Å². The molecule has 2 N–H and O–H groups in total. The molecule has 2 aromatic rings. The number of anilines is 2. The smallest absolute Gasteiger partial charge is 0.325 e. The third kappa shape index (κ3) is 3.69. The number of amides is 2. The molecule has 3 rings (SSSR count). The van der Waals surface area contributed by atoms with Crippen LogP contribution in [0.15, 0.2) is 24.3 Å². The molecule has 1 aliphatic heterocycles. The molecule has 0 saturated carbocycles. The first-order valence-corrected chi connectivity index (χ1v) is 7.69. The Morgan fingerprint density at radius 3 is 2.81 bits per heavy atom. The van der Waals surface area contributed by atoms with Crippen molar-refractivity contribution in [1.82, 2.24) is 10.2 Å². The largest absolute Gasteiger partial charge is 0.371 e. The molecule has 110 valence electrons. The van der Waals surface area contributed by atoms with Crippen LogP contribution in [0.25, 0.3) is 0 Å². The Kier molecular flexibility index (Phi) is 4.33. The molecule has 21 heavy (non-hydrogen) atoms. The summed E-state index contributed by atoms with van der Waals surface area (Å²) in [5.41, 5.74) is 0.653. The molecule has 2 amide bonds. The average Bonchev–Trinajstić information content (AvgIpc) is 3.12. The van der Waals surface area contributed by atoms with Gasteiger partial charge in [-0.1, -0.05) is 22.9 Å². The van der Waals surface area contributed by atoms with Gasteiger partial charge in [0, 0.05) is 17.3 Å². The number of halogens is 1. The summed E-state index contributed by atoms with van der Waals surface area (Å²) in [7, 11) is 0. The van der Waals surface area contributed by atoms with E-state index in [1.165, 1.54) is 11.3 Å². The maximum atomic E-state index is 11.8. The molecule has 0 aliphatic carbocycles. The second-order valence-electron chi connectivity index (χ2n) is 4.53. The van der Waals surface area contributed by atoms with Crippen LogP contribution in [0.1, 0.15) is 24.0 Å². The van der Waals surface area contributed by atoms with Gasteiger partial charge >= 0.3 is 6.03 Å². The highest BCUT2D eigenvalue weighted by atomic mass is 35.5. The highest BCUT2D eigenvalue weighted by Crippen LogP contribution is 2.31. The van der Waals surface area contributed by atoms with E-state index >= 15 is 0 Å². The number of rotatable bonds is 3. The van der Waals surface area contributed by atoms with Crippen molar-refractivity contribution in [3.63, 3.8) is 0 Å². The number of urea groups is 1. The number of nitrogens with one attached hydrogen (secondary N) is 2. The molecule has 1 saturated heterocycles. The number of ether oxygens (including phenoxy) is 1. The van der Waals surface area contributed by atoms with Gasteiger partial charge in [0.1, 0.15) is 11.1 Å². The van der Waals surface area contributed by atoms with Crippen LogP contribution < -0.4 is 10.6 Å². The molecule has 0 radical (unpaired) electrons. The maximum Gasteiger partial charge on any atom is 0.325 e. The standard InChI is InChI=1S/C13H13ClN4O2S/c14-8-3-5-9(6-4-8)15-12(19)16-13-18-17-11(21-13)10-2-1-7-20-10/h3-6,10H,1-2,7H2,(H2,15,16,18,19).